The first-order valence-electron chi connectivity index (χ1n) is 6.28. The summed E-state index contributed by atoms with van der Waals surface area (Å²) >= 11 is 0. The number of urea groups is 1. The molecule has 0 fully saturated rings. The fourth-order valence-corrected chi connectivity index (χ4v) is 1.45. The van der Waals surface area contributed by atoms with E-state index in [1.165, 1.54) is 0 Å². The molecular weight excluding hydrogens is 258 g/mol. The maximum absolute atomic E-state index is 11.8. The molecule has 0 spiro atoms. The van der Waals surface area contributed by atoms with Gasteiger partial charge >= 0.3 is 12.0 Å². The molecule has 0 atom stereocenters. The highest BCUT2D eigenvalue weighted by Gasteiger charge is 2.15. The highest BCUT2D eigenvalue weighted by molar-refractivity contribution is 6.39. The lowest BCUT2D eigenvalue weighted by Crippen LogP contribution is -2.31. The number of amides is 2. The summed E-state index contributed by atoms with van der Waals surface area (Å²) in [6.07, 6.45) is 0. The van der Waals surface area contributed by atoms with Crippen LogP contribution in [0.3, 0.4) is 0 Å². The Hall–Kier alpha value is -2.21. The molecule has 0 bridgehead atoms. The molecule has 6 heteroatoms. The number of rotatable bonds is 5. The third-order valence-electron chi connectivity index (χ3n) is 2.24. The first kappa shape index (κ1) is 15.8. The smallest absolute Gasteiger partial charge is 0.354 e. The monoisotopic (exact) mass is 277 g/mol. The molecule has 0 heterocycles. The average molecular weight is 277 g/mol. The lowest BCUT2D eigenvalue weighted by Gasteiger charge is -2.11. The standard InChI is InChI=1S/C14H19N3O3/c1-4-20-13(18)12(10-17(2)3)16-14(19)15-11-8-6-5-7-9-11/h5-9H,4,10H2,1-3H3,(H,15,19). The van der Waals surface area contributed by atoms with E-state index in [1.807, 2.05) is 6.07 Å². The number of hydrogen-bond acceptors (Lipinski definition) is 4. The predicted octanol–water partition coefficient (Wildman–Crippen LogP) is 1.78. The zero-order valence-corrected chi connectivity index (χ0v) is 11.9. The van der Waals surface area contributed by atoms with Crippen LogP contribution >= 0.6 is 0 Å². The number of carbonyl (C=O) groups excluding carboxylic acids is 2. The van der Waals surface area contributed by atoms with Gasteiger partial charge in [0.1, 0.15) is 5.71 Å². The van der Waals surface area contributed by atoms with Crippen LogP contribution in [0.5, 0.6) is 0 Å². The third kappa shape index (κ3) is 5.62. The fourth-order valence-electron chi connectivity index (χ4n) is 1.45. The molecule has 1 rings (SSSR count). The highest BCUT2D eigenvalue weighted by atomic mass is 16.5. The third-order valence-corrected chi connectivity index (χ3v) is 2.24. The molecule has 0 aliphatic heterocycles. The van der Waals surface area contributed by atoms with Gasteiger partial charge in [0, 0.05) is 12.2 Å². The minimum atomic E-state index is -0.596. The molecule has 1 aromatic carbocycles. The van der Waals surface area contributed by atoms with Crippen molar-refractivity contribution in [1.29, 1.82) is 0 Å². The molecule has 108 valence electrons. The van der Waals surface area contributed by atoms with E-state index in [9.17, 15) is 9.59 Å². The van der Waals surface area contributed by atoms with Crippen LogP contribution in [-0.4, -0.2) is 49.9 Å². The van der Waals surface area contributed by atoms with Gasteiger partial charge in [-0.05, 0) is 33.2 Å². The van der Waals surface area contributed by atoms with Gasteiger partial charge < -0.3 is 15.0 Å². The van der Waals surface area contributed by atoms with Gasteiger partial charge in [0.2, 0.25) is 0 Å². The van der Waals surface area contributed by atoms with E-state index in [0.717, 1.165) is 0 Å². The number of ether oxygens (including phenoxy) is 1. The van der Waals surface area contributed by atoms with E-state index >= 15 is 0 Å². The lowest BCUT2D eigenvalue weighted by atomic mass is 10.3. The van der Waals surface area contributed by atoms with Crippen molar-refractivity contribution in [3.8, 4) is 0 Å². The molecule has 0 unspecified atom stereocenters. The number of aliphatic imine (C=N–C) groups is 1. The summed E-state index contributed by atoms with van der Waals surface area (Å²) in [5.74, 6) is -0.579. The number of nitrogens with one attached hydrogen (secondary N) is 1. The van der Waals surface area contributed by atoms with Gasteiger partial charge in [-0.3, -0.25) is 0 Å². The fraction of sp³-hybridized carbons (Fsp3) is 0.357. The SMILES string of the molecule is CCOC(=O)C(CN(C)C)=NC(=O)Nc1ccccc1. The van der Waals surface area contributed by atoms with E-state index in [0.29, 0.717) is 5.69 Å². The minimum Gasteiger partial charge on any atom is -0.461 e. The summed E-state index contributed by atoms with van der Waals surface area (Å²) in [5, 5.41) is 2.59. The van der Waals surface area contributed by atoms with E-state index in [-0.39, 0.29) is 18.9 Å². The van der Waals surface area contributed by atoms with E-state index in [4.69, 9.17) is 4.74 Å². The van der Waals surface area contributed by atoms with Crippen molar-refractivity contribution in [3.63, 3.8) is 0 Å². The van der Waals surface area contributed by atoms with Crippen molar-refractivity contribution in [3.05, 3.63) is 30.3 Å². The quantitative estimate of drug-likeness (QED) is 0.658. The summed E-state index contributed by atoms with van der Waals surface area (Å²) in [5.41, 5.74) is 0.694. The first-order chi connectivity index (χ1) is 9.52. The average Bonchev–Trinajstić information content (AvgIpc) is 2.38. The topological polar surface area (TPSA) is 71.0 Å². The van der Waals surface area contributed by atoms with E-state index in [2.05, 4.69) is 10.3 Å². The largest absolute Gasteiger partial charge is 0.461 e. The Morgan fingerprint density at radius 3 is 2.45 bits per heavy atom. The number of hydrogen-bond donors (Lipinski definition) is 1. The van der Waals surface area contributed by atoms with Gasteiger partial charge in [-0.2, -0.15) is 4.99 Å². The second-order valence-corrected chi connectivity index (χ2v) is 4.31. The van der Waals surface area contributed by atoms with Crippen LogP contribution in [0.25, 0.3) is 0 Å². The minimum absolute atomic E-state index is 0.0743. The molecule has 0 saturated carbocycles. The molecule has 0 radical (unpaired) electrons. The zero-order chi connectivity index (χ0) is 15.0. The summed E-state index contributed by atoms with van der Waals surface area (Å²) in [6.45, 7) is 2.18. The van der Waals surface area contributed by atoms with Gasteiger partial charge in [-0.25, -0.2) is 9.59 Å². The van der Waals surface area contributed by atoms with Crippen molar-refractivity contribution in [2.75, 3.05) is 32.6 Å². The number of nitrogens with zero attached hydrogens (tertiary/aromatic N) is 2. The normalized spacial score (nSPS) is 11.3. The second kappa shape index (κ2) is 8.06. The van der Waals surface area contributed by atoms with Crippen LogP contribution in [0, 0.1) is 0 Å². The maximum atomic E-state index is 11.8. The van der Waals surface area contributed by atoms with Crippen LogP contribution in [0.15, 0.2) is 35.3 Å². The van der Waals surface area contributed by atoms with Crippen molar-refractivity contribution in [2.24, 2.45) is 4.99 Å². The number of esters is 1. The second-order valence-electron chi connectivity index (χ2n) is 4.31. The van der Waals surface area contributed by atoms with Crippen molar-refractivity contribution < 1.29 is 14.3 Å². The molecule has 1 N–H and O–H groups in total. The Morgan fingerprint density at radius 1 is 1.25 bits per heavy atom. The van der Waals surface area contributed by atoms with Gasteiger partial charge in [-0.1, -0.05) is 18.2 Å². The Kier molecular flexibility index (Phi) is 6.39. The summed E-state index contributed by atoms with van der Waals surface area (Å²) < 4.78 is 4.88. The van der Waals surface area contributed by atoms with Gasteiger partial charge in [0.05, 0.1) is 6.61 Å². The number of carbonyl (C=O) groups is 2. The van der Waals surface area contributed by atoms with Crippen LogP contribution < -0.4 is 5.32 Å². The zero-order valence-electron chi connectivity index (χ0n) is 11.9. The van der Waals surface area contributed by atoms with Crippen molar-refractivity contribution in [2.45, 2.75) is 6.92 Å². The van der Waals surface area contributed by atoms with Crippen LogP contribution in [0.2, 0.25) is 0 Å². The number of benzene rings is 1. The first-order valence-corrected chi connectivity index (χ1v) is 6.28. The van der Waals surface area contributed by atoms with Gasteiger partial charge in [0.15, 0.2) is 0 Å². The van der Waals surface area contributed by atoms with Crippen molar-refractivity contribution in [1.82, 2.24) is 4.90 Å². The van der Waals surface area contributed by atoms with Crippen molar-refractivity contribution >= 4 is 23.4 Å². The summed E-state index contributed by atoms with van der Waals surface area (Å²) in [6, 6.07) is 8.32. The van der Waals surface area contributed by atoms with E-state index < -0.39 is 12.0 Å². The Bertz CT molecular complexity index is 484. The summed E-state index contributed by atoms with van der Waals surface area (Å²) in [7, 11) is 3.56. The van der Waals surface area contributed by atoms with Crippen LogP contribution in [-0.2, 0) is 9.53 Å². The highest BCUT2D eigenvalue weighted by Crippen LogP contribution is 2.05. The van der Waals surface area contributed by atoms with Crippen LogP contribution in [0.1, 0.15) is 6.92 Å². The van der Waals surface area contributed by atoms with Gasteiger partial charge in [0.25, 0.3) is 0 Å². The van der Waals surface area contributed by atoms with Crippen LogP contribution in [0.4, 0.5) is 10.5 Å². The molecule has 20 heavy (non-hydrogen) atoms. The molecule has 0 saturated heterocycles. The summed E-state index contributed by atoms with van der Waals surface area (Å²) in [4.78, 5) is 29.0. The molecule has 2 amide bonds. The molecule has 1 aromatic rings. The molecule has 0 aliphatic rings. The van der Waals surface area contributed by atoms with E-state index in [1.54, 1.807) is 50.2 Å². The Labute approximate surface area is 118 Å². The predicted molar refractivity (Wildman–Crippen MR) is 78.1 cm³/mol. The Balaban J connectivity index is 2.78. The molecule has 0 aliphatic carbocycles. The molecular formula is C14H19N3O3. The lowest BCUT2D eigenvalue weighted by molar-refractivity contribution is -0.135. The maximum Gasteiger partial charge on any atom is 0.354 e. The molecule has 0 aromatic heterocycles. The van der Waals surface area contributed by atoms with Gasteiger partial charge in [-0.15, -0.1) is 0 Å². The Morgan fingerprint density at radius 2 is 1.90 bits per heavy atom. The molecule has 6 nitrogen and oxygen atoms in total. The number of para-hydroxylation sites is 1. The number of anilines is 1.